The summed E-state index contributed by atoms with van der Waals surface area (Å²) in [7, 11) is -1.24. The summed E-state index contributed by atoms with van der Waals surface area (Å²) >= 11 is 0. The minimum atomic E-state index is -1.24. The Morgan fingerprint density at radius 2 is 1.71 bits per heavy atom. The van der Waals surface area contributed by atoms with E-state index in [1.807, 2.05) is 72.9 Å². The summed E-state index contributed by atoms with van der Waals surface area (Å²) in [6, 6.07) is 23.2. The van der Waals surface area contributed by atoms with Crippen molar-refractivity contribution in [3.05, 3.63) is 100 Å². The van der Waals surface area contributed by atoms with Crippen LogP contribution >= 0.6 is 0 Å². The average molecular weight is 473 g/mol. The molecule has 0 fully saturated rings. The Bertz CT molecular complexity index is 1310. The van der Waals surface area contributed by atoms with Crippen LogP contribution in [0.5, 0.6) is 5.75 Å². The third-order valence-corrected chi connectivity index (χ3v) is 6.43. The van der Waals surface area contributed by atoms with Gasteiger partial charge in [-0.3, -0.25) is 9.36 Å². The van der Waals surface area contributed by atoms with E-state index in [2.05, 4.69) is 38.8 Å². The number of nitrogens with zero attached hydrogens (tertiary/aromatic N) is 2. The van der Waals surface area contributed by atoms with Crippen LogP contribution in [-0.2, 0) is 11.0 Å². The molecule has 0 spiro atoms. The van der Waals surface area contributed by atoms with Crippen LogP contribution in [0.25, 0.3) is 16.7 Å². The molecule has 2 heterocycles. The lowest BCUT2D eigenvalue weighted by Crippen LogP contribution is -2.26. The Morgan fingerprint density at radius 1 is 0.971 bits per heavy atom. The Kier molecular flexibility index (Phi) is 7.00. The fraction of sp³-hybridized carbons (Fsp3) is 0.286. The van der Waals surface area contributed by atoms with E-state index in [1.165, 1.54) is 0 Å². The number of hydrogen-bond donors (Lipinski definition) is 0. The summed E-state index contributed by atoms with van der Waals surface area (Å²) in [4.78, 5) is 17.6. The van der Waals surface area contributed by atoms with Crippen LogP contribution in [0.4, 0.5) is 0 Å². The van der Waals surface area contributed by atoms with E-state index in [9.17, 15) is 4.79 Å². The van der Waals surface area contributed by atoms with E-state index >= 15 is 0 Å². The molecule has 4 rings (SSSR count). The van der Waals surface area contributed by atoms with Gasteiger partial charge in [-0.15, -0.1) is 0 Å². The molecule has 34 heavy (non-hydrogen) atoms. The van der Waals surface area contributed by atoms with Gasteiger partial charge in [-0.25, -0.2) is 4.98 Å². The van der Waals surface area contributed by atoms with Gasteiger partial charge < -0.3 is 9.16 Å². The fourth-order valence-electron chi connectivity index (χ4n) is 4.02. The van der Waals surface area contributed by atoms with Gasteiger partial charge in [0.1, 0.15) is 18.2 Å². The number of fused-ring (bicyclic) bond motifs is 1. The van der Waals surface area contributed by atoms with Gasteiger partial charge in [0.15, 0.2) is 9.04 Å². The second kappa shape index (κ2) is 9.95. The zero-order valence-electron chi connectivity index (χ0n) is 20.5. The van der Waals surface area contributed by atoms with Crippen LogP contribution in [-0.4, -0.2) is 18.6 Å². The summed E-state index contributed by atoms with van der Waals surface area (Å²) in [5, 5.41) is 0.944. The van der Waals surface area contributed by atoms with Crippen LogP contribution in [0.1, 0.15) is 38.0 Å². The first kappa shape index (κ1) is 23.9. The summed E-state index contributed by atoms with van der Waals surface area (Å²) in [5.74, 6) is 1.28. The molecule has 176 valence electrons. The fourth-order valence-corrected chi connectivity index (χ4v) is 5.13. The van der Waals surface area contributed by atoms with Crippen LogP contribution in [0.2, 0.25) is 13.1 Å². The van der Waals surface area contributed by atoms with Gasteiger partial charge in [-0.2, -0.15) is 0 Å². The number of benzene rings is 2. The molecular weight excluding hydrogens is 440 g/mol. The molecule has 1 unspecified atom stereocenters. The van der Waals surface area contributed by atoms with Gasteiger partial charge in [0.25, 0.3) is 5.56 Å². The first-order valence-electron chi connectivity index (χ1n) is 11.7. The molecule has 6 heteroatoms. The minimum Gasteiger partial charge on any atom is -0.489 e. The average Bonchev–Trinajstić information content (AvgIpc) is 2.81. The van der Waals surface area contributed by atoms with Gasteiger partial charge in [0.05, 0.1) is 11.6 Å². The maximum absolute atomic E-state index is 12.9. The first-order valence-corrected chi connectivity index (χ1v) is 14.4. The van der Waals surface area contributed by atoms with E-state index in [0.717, 1.165) is 22.0 Å². The van der Waals surface area contributed by atoms with Crippen molar-refractivity contribution < 1.29 is 9.16 Å². The zero-order valence-corrected chi connectivity index (χ0v) is 21.6. The van der Waals surface area contributed by atoms with Crippen molar-refractivity contribution in [2.45, 2.75) is 46.6 Å². The summed E-state index contributed by atoms with van der Waals surface area (Å²) < 4.78 is 14.0. The molecule has 0 aliphatic heterocycles. The lowest BCUT2D eigenvalue weighted by Gasteiger charge is -2.32. The van der Waals surface area contributed by atoms with Gasteiger partial charge >= 0.3 is 0 Å². The topological polar surface area (TPSA) is 53.4 Å². The molecular formula is C28H32N2O3Si. The smallest absolute Gasteiger partial charge is 0.256 e. The standard InChI is InChI=1S/C28H32N2O3Si/c1-28(2,3)27(33-34(4)5)22-12-15-25(29-18-22)30-24-17-23(14-11-21(24)13-16-26(30)31)32-19-20-9-7-6-8-10-20/h6-18,27,34H,19H2,1-5H3. The Morgan fingerprint density at radius 3 is 2.35 bits per heavy atom. The summed E-state index contributed by atoms with van der Waals surface area (Å²) in [5.41, 5.74) is 2.69. The molecule has 4 aromatic rings. The molecule has 0 saturated carbocycles. The number of hydrogen-bond acceptors (Lipinski definition) is 4. The number of ether oxygens (including phenoxy) is 1. The van der Waals surface area contributed by atoms with Crippen molar-refractivity contribution in [1.29, 1.82) is 0 Å². The zero-order chi connectivity index (χ0) is 24.3. The molecule has 0 aliphatic carbocycles. The molecule has 0 saturated heterocycles. The largest absolute Gasteiger partial charge is 0.489 e. The number of pyridine rings is 2. The van der Waals surface area contributed by atoms with E-state index < -0.39 is 9.04 Å². The third kappa shape index (κ3) is 5.46. The van der Waals surface area contributed by atoms with Crippen LogP contribution < -0.4 is 10.3 Å². The van der Waals surface area contributed by atoms with Crippen molar-refractivity contribution in [3.63, 3.8) is 0 Å². The molecule has 0 aliphatic rings. The second-order valence-electron chi connectivity index (χ2n) is 9.88. The van der Waals surface area contributed by atoms with E-state index in [1.54, 1.807) is 10.6 Å². The SMILES string of the molecule is C[SiH](C)OC(c1ccc(-n2c(=O)ccc3ccc(OCc4ccccc4)cc32)nc1)C(C)(C)C. The highest BCUT2D eigenvalue weighted by molar-refractivity contribution is 6.48. The number of rotatable bonds is 7. The highest BCUT2D eigenvalue weighted by Gasteiger charge is 2.28. The van der Waals surface area contributed by atoms with Crippen molar-refractivity contribution >= 4 is 19.9 Å². The maximum Gasteiger partial charge on any atom is 0.256 e. The van der Waals surface area contributed by atoms with Crippen molar-refractivity contribution in [2.24, 2.45) is 5.41 Å². The van der Waals surface area contributed by atoms with Crippen molar-refractivity contribution in [3.8, 4) is 11.6 Å². The highest BCUT2D eigenvalue weighted by Crippen LogP contribution is 2.36. The second-order valence-corrected chi connectivity index (χ2v) is 12.3. The molecule has 0 N–H and O–H groups in total. The Labute approximate surface area is 202 Å². The lowest BCUT2D eigenvalue weighted by atomic mass is 9.85. The van der Waals surface area contributed by atoms with Gasteiger partial charge in [-0.1, -0.05) is 57.2 Å². The monoisotopic (exact) mass is 472 g/mol. The highest BCUT2D eigenvalue weighted by atomic mass is 28.3. The molecule has 5 nitrogen and oxygen atoms in total. The molecule has 2 aromatic heterocycles. The summed E-state index contributed by atoms with van der Waals surface area (Å²) in [6.07, 6.45) is 1.80. The normalized spacial score (nSPS) is 12.8. The molecule has 0 bridgehead atoms. The van der Waals surface area contributed by atoms with Crippen molar-refractivity contribution in [2.75, 3.05) is 0 Å². The quantitative estimate of drug-likeness (QED) is 0.307. The van der Waals surface area contributed by atoms with E-state index in [0.29, 0.717) is 18.2 Å². The molecule has 1 atom stereocenters. The Balaban J connectivity index is 1.69. The van der Waals surface area contributed by atoms with E-state index in [4.69, 9.17) is 9.16 Å². The van der Waals surface area contributed by atoms with Gasteiger partial charge in [0.2, 0.25) is 0 Å². The van der Waals surface area contributed by atoms with Gasteiger partial charge in [0, 0.05) is 18.3 Å². The van der Waals surface area contributed by atoms with Crippen LogP contribution in [0.3, 0.4) is 0 Å². The van der Waals surface area contributed by atoms with Crippen LogP contribution in [0, 0.1) is 5.41 Å². The predicted octanol–water partition coefficient (Wildman–Crippen LogP) is 6.05. The third-order valence-electron chi connectivity index (χ3n) is 5.61. The minimum absolute atomic E-state index is 0.0389. The molecule has 2 aromatic carbocycles. The Hall–Kier alpha value is -3.22. The van der Waals surface area contributed by atoms with Crippen LogP contribution in [0.15, 0.2) is 83.8 Å². The maximum atomic E-state index is 12.9. The predicted molar refractivity (Wildman–Crippen MR) is 140 cm³/mol. The lowest BCUT2D eigenvalue weighted by molar-refractivity contribution is 0.0863. The number of aromatic nitrogens is 2. The molecule has 0 amide bonds. The van der Waals surface area contributed by atoms with Crippen molar-refractivity contribution in [1.82, 2.24) is 9.55 Å². The first-order chi connectivity index (χ1) is 16.2. The summed E-state index contributed by atoms with van der Waals surface area (Å²) in [6.45, 7) is 11.3. The molecule has 0 radical (unpaired) electrons. The van der Waals surface area contributed by atoms with E-state index in [-0.39, 0.29) is 17.1 Å². The van der Waals surface area contributed by atoms with Gasteiger partial charge in [-0.05, 0) is 59.3 Å².